The second-order valence-corrected chi connectivity index (χ2v) is 5.31. The van der Waals surface area contributed by atoms with Crippen molar-refractivity contribution in [2.75, 3.05) is 0 Å². The van der Waals surface area contributed by atoms with Gasteiger partial charge in [0.15, 0.2) is 0 Å². The minimum atomic E-state index is -0.265. The van der Waals surface area contributed by atoms with Gasteiger partial charge in [-0.2, -0.15) is 0 Å². The molecule has 1 N–H and O–H groups in total. The summed E-state index contributed by atoms with van der Waals surface area (Å²) in [7, 11) is 0. The molecule has 0 aromatic heterocycles. The van der Waals surface area contributed by atoms with Crippen molar-refractivity contribution >= 4 is 15.9 Å². The van der Waals surface area contributed by atoms with E-state index in [0.717, 1.165) is 10.0 Å². The van der Waals surface area contributed by atoms with Crippen LogP contribution in [0.5, 0.6) is 0 Å². The Hall–Kier alpha value is -0.340. The third-order valence-corrected chi connectivity index (χ3v) is 3.84. The molecule has 1 aromatic carbocycles. The predicted octanol–water partition coefficient (Wildman–Crippen LogP) is 4.06. The molecule has 15 heavy (non-hydrogen) atoms. The molecule has 82 valence electrons. The van der Waals surface area contributed by atoms with E-state index in [2.05, 4.69) is 15.9 Å². The van der Waals surface area contributed by atoms with Crippen LogP contribution in [0, 0.1) is 5.92 Å². The van der Waals surface area contributed by atoms with Crippen LogP contribution in [-0.2, 0) is 0 Å². The largest absolute Gasteiger partial charge is 0.388 e. The van der Waals surface area contributed by atoms with Crippen LogP contribution in [0.4, 0.5) is 0 Å². The minimum absolute atomic E-state index is 0.265. The van der Waals surface area contributed by atoms with Crippen LogP contribution in [-0.4, -0.2) is 5.11 Å². The van der Waals surface area contributed by atoms with E-state index >= 15 is 0 Å². The van der Waals surface area contributed by atoms with Gasteiger partial charge in [0.2, 0.25) is 0 Å². The van der Waals surface area contributed by atoms with E-state index in [4.69, 9.17) is 0 Å². The average Bonchev–Trinajstić information content (AvgIpc) is 2.30. The average molecular weight is 269 g/mol. The Morgan fingerprint density at radius 2 is 1.67 bits per heavy atom. The molecule has 0 spiro atoms. The second-order valence-electron chi connectivity index (χ2n) is 4.39. The fraction of sp³-hybridized carbons (Fsp3) is 0.538. The Labute approximate surface area is 99.6 Å². The molecule has 1 fully saturated rings. The topological polar surface area (TPSA) is 20.2 Å². The summed E-state index contributed by atoms with van der Waals surface area (Å²) < 4.78 is 1.07. The first-order chi connectivity index (χ1) is 7.27. The van der Waals surface area contributed by atoms with E-state index in [9.17, 15) is 5.11 Å². The van der Waals surface area contributed by atoms with Gasteiger partial charge in [0.25, 0.3) is 0 Å². The Kier molecular flexibility index (Phi) is 3.81. The number of aliphatic hydroxyl groups excluding tert-OH is 1. The van der Waals surface area contributed by atoms with Gasteiger partial charge in [-0.05, 0) is 36.5 Å². The van der Waals surface area contributed by atoms with Crippen molar-refractivity contribution in [1.82, 2.24) is 0 Å². The summed E-state index contributed by atoms with van der Waals surface area (Å²) in [6.07, 6.45) is 5.98. The number of rotatable bonds is 2. The third kappa shape index (κ3) is 2.82. The van der Waals surface area contributed by atoms with Crippen molar-refractivity contribution in [3.05, 3.63) is 34.3 Å². The molecule has 0 aliphatic heterocycles. The fourth-order valence-electron chi connectivity index (χ4n) is 2.38. The molecule has 0 heterocycles. The number of aliphatic hydroxyl groups is 1. The summed E-state index contributed by atoms with van der Waals surface area (Å²) >= 11 is 3.41. The molecule has 0 amide bonds. The van der Waals surface area contributed by atoms with Crippen molar-refractivity contribution in [2.24, 2.45) is 5.92 Å². The molecule has 2 heteroatoms. The summed E-state index contributed by atoms with van der Waals surface area (Å²) in [5.41, 5.74) is 1.06. The number of hydrogen-bond donors (Lipinski definition) is 1. The van der Waals surface area contributed by atoms with Gasteiger partial charge in [0.1, 0.15) is 0 Å². The molecule has 1 nitrogen and oxygen atoms in total. The van der Waals surface area contributed by atoms with Gasteiger partial charge in [-0.15, -0.1) is 0 Å². The van der Waals surface area contributed by atoms with E-state index in [-0.39, 0.29) is 6.10 Å². The zero-order chi connectivity index (χ0) is 10.7. The van der Waals surface area contributed by atoms with E-state index in [1.54, 1.807) is 0 Å². The highest BCUT2D eigenvalue weighted by Gasteiger charge is 2.22. The lowest BCUT2D eigenvalue weighted by Gasteiger charge is -2.26. The molecule has 0 unspecified atom stereocenters. The highest BCUT2D eigenvalue weighted by Crippen LogP contribution is 2.34. The van der Waals surface area contributed by atoms with Gasteiger partial charge in [-0.1, -0.05) is 47.3 Å². The second kappa shape index (κ2) is 5.13. The van der Waals surface area contributed by atoms with E-state index < -0.39 is 0 Å². The van der Waals surface area contributed by atoms with E-state index in [0.29, 0.717) is 5.92 Å². The monoisotopic (exact) mass is 268 g/mol. The zero-order valence-electron chi connectivity index (χ0n) is 8.82. The summed E-state index contributed by atoms with van der Waals surface area (Å²) in [5, 5.41) is 10.2. The van der Waals surface area contributed by atoms with Gasteiger partial charge in [0.05, 0.1) is 6.10 Å². The van der Waals surface area contributed by atoms with Crippen molar-refractivity contribution in [3.63, 3.8) is 0 Å². The standard InChI is InChI=1S/C13H17BrO/c14-12-8-6-11(7-9-12)13(15)10-4-2-1-3-5-10/h6-10,13,15H,1-5H2/t13-/m1/s1. The van der Waals surface area contributed by atoms with Gasteiger partial charge >= 0.3 is 0 Å². The number of halogens is 1. The summed E-state index contributed by atoms with van der Waals surface area (Å²) in [6.45, 7) is 0. The van der Waals surface area contributed by atoms with Crippen molar-refractivity contribution in [1.29, 1.82) is 0 Å². The normalized spacial score (nSPS) is 20.1. The molecule has 1 saturated carbocycles. The van der Waals surface area contributed by atoms with E-state index in [1.165, 1.54) is 32.1 Å². The van der Waals surface area contributed by atoms with Gasteiger partial charge in [0, 0.05) is 4.47 Å². The van der Waals surface area contributed by atoms with Crippen molar-refractivity contribution in [2.45, 2.75) is 38.2 Å². The summed E-state index contributed by atoms with van der Waals surface area (Å²) in [4.78, 5) is 0. The van der Waals surface area contributed by atoms with E-state index in [1.807, 2.05) is 24.3 Å². The Balaban J connectivity index is 2.05. The van der Waals surface area contributed by atoms with Gasteiger partial charge in [-0.3, -0.25) is 0 Å². The third-order valence-electron chi connectivity index (χ3n) is 3.31. The maximum atomic E-state index is 10.2. The molecule has 1 aliphatic rings. The highest BCUT2D eigenvalue weighted by molar-refractivity contribution is 9.10. The molecule has 2 rings (SSSR count). The predicted molar refractivity (Wildman–Crippen MR) is 65.7 cm³/mol. The Morgan fingerprint density at radius 1 is 1.07 bits per heavy atom. The zero-order valence-corrected chi connectivity index (χ0v) is 10.4. The Morgan fingerprint density at radius 3 is 2.27 bits per heavy atom. The maximum Gasteiger partial charge on any atom is 0.0818 e. The van der Waals surface area contributed by atoms with Crippen LogP contribution in [0.25, 0.3) is 0 Å². The smallest absolute Gasteiger partial charge is 0.0818 e. The van der Waals surface area contributed by atoms with Crippen molar-refractivity contribution < 1.29 is 5.11 Å². The van der Waals surface area contributed by atoms with Crippen LogP contribution in [0.15, 0.2) is 28.7 Å². The number of hydrogen-bond acceptors (Lipinski definition) is 1. The minimum Gasteiger partial charge on any atom is -0.388 e. The van der Waals surface area contributed by atoms with Crippen LogP contribution in [0.3, 0.4) is 0 Å². The Bertz CT molecular complexity index is 301. The lowest BCUT2D eigenvalue weighted by molar-refractivity contribution is 0.0848. The molecular formula is C13H17BrO. The number of benzene rings is 1. The maximum absolute atomic E-state index is 10.2. The molecule has 0 radical (unpaired) electrons. The van der Waals surface area contributed by atoms with Crippen LogP contribution < -0.4 is 0 Å². The van der Waals surface area contributed by atoms with Gasteiger partial charge in [-0.25, -0.2) is 0 Å². The van der Waals surface area contributed by atoms with Gasteiger partial charge < -0.3 is 5.11 Å². The van der Waals surface area contributed by atoms with Crippen LogP contribution in [0.2, 0.25) is 0 Å². The summed E-state index contributed by atoms with van der Waals surface area (Å²) in [5.74, 6) is 0.472. The molecule has 0 saturated heterocycles. The lowest BCUT2D eigenvalue weighted by atomic mass is 9.83. The molecule has 0 bridgehead atoms. The first-order valence-corrected chi connectivity index (χ1v) is 6.50. The molecule has 1 aliphatic carbocycles. The molecule has 1 aromatic rings. The fourth-order valence-corrected chi connectivity index (χ4v) is 2.65. The lowest BCUT2D eigenvalue weighted by Crippen LogP contribution is -2.15. The molecule has 1 atom stereocenters. The highest BCUT2D eigenvalue weighted by atomic mass is 79.9. The van der Waals surface area contributed by atoms with Crippen LogP contribution >= 0.6 is 15.9 Å². The van der Waals surface area contributed by atoms with Crippen LogP contribution in [0.1, 0.15) is 43.8 Å². The molecular weight excluding hydrogens is 252 g/mol. The first kappa shape index (κ1) is 11.2. The van der Waals surface area contributed by atoms with Crippen molar-refractivity contribution in [3.8, 4) is 0 Å². The summed E-state index contributed by atoms with van der Waals surface area (Å²) in [6, 6.07) is 8.04. The quantitative estimate of drug-likeness (QED) is 0.858. The SMILES string of the molecule is O[C@@H](c1ccc(Br)cc1)C1CCCCC1. The first-order valence-electron chi connectivity index (χ1n) is 5.71.